The van der Waals surface area contributed by atoms with Gasteiger partial charge in [0.2, 0.25) is 0 Å². The van der Waals surface area contributed by atoms with Crippen LogP contribution in [0.15, 0.2) is 24.3 Å². The van der Waals surface area contributed by atoms with Crippen LogP contribution in [0.1, 0.15) is 37.4 Å². The van der Waals surface area contributed by atoms with Crippen molar-refractivity contribution in [3.63, 3.8) is 0 Å². The summed E-state index contributed by atoms with van der Waals surface area (Å²) in [4.78, 5) is 0. The largest absolute Gasteiger partial charge is 0.324 e. The highest BCUT2D eigenvalue weighted by Gasteiger charge is 2.13. The van der Waals surface area contributed by atoms with Crippen molar-refractivity contribution in [3.8, 4) is 0 Å². The summed E-state index contributed by atoms with van der Waals surface area (Å²) in [7, 11) is 0. The predicted octanol–water partition coefficient (Wildman–Crippen LogP) is 3.28. The molecule has 0 aliphatic carbocycles. The zero-order valence-electron chi connectivity index (χ0n) is 8.37. The normalized spacial score (nSPS) is 13.6. The standard InChI is InChI=1S/C11H15F2N/c1-7(2)10(14)8-4-3-5-9(6-8)11(12)13/h3-7,10-11H,14H2,1-2H3/t10-/m1/s1. The first kappa shape index (κ1) is 11.1. The quantitative estimate of drug-likeness (QED) is 0.794. The van der Waals surface area contributed by atoms with Gasteiger partial charge in [-0.05, 0) is 17.5 Å². The fraction of sp³-hybridized carbons (Fsp3) is 0.455. The van der Waals surface area contributed by atoms with Gasteiger partial charge in [0, 0.05) is 11.6 Å². The maximum Gasteiger partial charge on any atom is 0.263 e. The molecule has 1 rings (SSSR count). The molecule has 0 aromatic heterocycles. The molecule has 0 bridgehead atoms. The summed E-state index contributed by atoms with van der Waals surface area (Å²) in [6.45, 7) is 3.94. The van der Waals surface area contributed by atoms with E-state index < -0.39 is 6.43 Å². The van der Waals surface area contributed by atoms with Crippen molar-refractivity contribution in [2.75, 3.05) is 0 Å². The Labute approximate surface area is 82.9 Å². The Balaban J connectivity index is 2.93. The molecular weight excluding hydrogens is 184 g/mol. The number of halogens is 2. The lowest BCUT2D eigenvalue weighted by Gasteiger charge is -2.16. The molecule has 0 fully saturated rings. The van der Waals surface area contributed by atoms with Crippen LogP contribution in [0.4, 0.5) is 8.78 Å². The van der Waals surface area contributed by atoms with Crippen LogP contribution in [-0.4, -0.2) is 0 Å². The first-order chi connectivity index (χ1) is 6.52. The third kappa shape index (κ3) is 2.51. The lowest BCUT2D eigenvalue weighted by Crippen LogP contribution is -2.16. The zero-order chi connectivity index (χ0) is 10.7. The fourth-order valence-electron chi connectivity index (χ4n) is 1.29. The van der Waals surface area contributed by atoms with Gasteiger partial charge in [-0.15, -0.1) is 0 Å². The van der Waals surface area contributed by atoms with Crippen LogP contribution in [-0.2, 0) is 0 Å². The Bertz CT molecular complexity index is 297. The molecule has 78 valence electrons. The highest BCUT2D eigenvalue weighted by molar-refractivity contribution is 5.26. The second-order valence-corrected chi connectivity index (χ2v) is 3.74. The second-order valence-electron chi connectivity index (χ2n) is 3.74. The molecule has 0 saturated heterocycles. The summed E-state index contributed by atoms with van der Waals surface area (Å²) < 4.78 is 24.7. The van der Waals surface area contributed by atoms with Crippen molar-refractivity contribution in [2.24, 2.45) is 11.7 Å². The molecule has 14 heavy (non-hydrogen) atoms. The summed E-state index contributed by atoms with van der Waals surface area (Å²) in [6, 6.07) is 6.14. The van der Waals surface area contributed by atoms with E-state index in [2.05, 4.69) is 0 Å². The summed E-state index contributed by atoms with van der Waals surface area (Å²) in [5.41, 5.74) is 6.68. The van der Waals surface area contributed by atoms with Gasteiger partial charge in [-0.1, -0.05) is 32.0 Å². The SMILES string of the molecule is CC(C)[C@@H](N)c1cccc(C(F)F)c1. The number of rotatable bonds is 3. The summed E-state index contributed by atoms with van der Waals surface area (Å²) >= 11 is 0. The molecule has 0 unspecified atom stereocenters. The van der Waals surface area contributed by atoms with E-state index in [9.17, 15) is 8.78 Å². The van der Waals surface area contributed by atoms with E-state index in [4.69, 9.17) is 5.73 Å². The molecule has 0 radical (unpaired) electrons. The molecule has 0 saturated carbocycles. The van der Waals surface area contributed by atoms with Crippen molar-refractivity contribution < 1.29 is 8.78 Å². The molecule has 0 amide bonds. The van der Waals surface area contributed by atoms with Gasteiger partial charge in [0.25, 0.3) is 6.43 Å². The van der Waals surface area contributed by atoms with Gasteiger partial charge < -0.3 is 5.73 Å². The molecule has 3 heteroatoms. The van der Waals surface area contributed by atoms with Crippen LogP contribution in [0, 0.1) is 5.92 Å². The maximum absolute atomic E-state index is 12.4. The van der Waals surface area contributed by atoms with Crippen molar-refractivity contribution in [1.29, 1.82) is 0 Å². The maximum atomic E-state index is 12.4. The Hall–Kier alpha value is -0.960. The second kappa shape index (κ2) is 4.51. The minimum absolute atomic E-state index is 0.0404. The zero-order valence-corrected chi connectivity index (χ0v) is 8.37. The number of alkyl halides is 2. The Morgan fingerprint density at radius 1 is 1.14 bits per heavy atom. The summed E-state index contributed by atoms with van der Waals surface area (Å²) in [6.07, 6.45) is -2.42. The minimum atomic E-state index is -2.42. The highest BCUT2D eigenvalue weighted by atomic mass is 19.3. The predicted molar refractivity (Wildman–Crippen MR) is 53.2 cm³/mol. The monoisotopic (exact) mass is 199 g/mol. The number of nitrogens with two attached hydrogens (primary N) is 1. The van der Waals surface area contributed by atoms with Gasteiger partial charge in [0.1, 0.15) is 0 Å². The molecule has 0 heterocycles. The molecule has 1 atom stereocenters. The highest BCUT2D eigenvalue weighted by Crippen LogP contribution is 2.24. The van der Waals surface area contributed by atoms with E-state index in [-0.39, 0.29) is 17.5 Å². The minimum Gasteiger partial charge on any atom is -0.324 e. The molecule has 0 aliphatic rings. The van der Waals surface area contributed by atoms with Crippen LogP contribution < -0.4 is 5.73 Å². The van der Waals surface area contributed by atoms with E-state index in [1.54, 1.807) is 12.1 Å². The third-order valence-electron chi connectivity index (χ3n) is 2.27. The van der Waals surface area contributed by atoms with Gasteiger partial charge in [-0.2, -0.15) is 0 Å². The van der Waals surface area contributed by atoms with Crippen LogP contribution in [0.2, 0.25) is 0 Å². The molecular formula is C11H15F2N. The van der Waals surface area contributed by atoms with E-state index >= 15 is 0 Å². The van der Waals surface area contributed by atoms with Crippen LogP contribution in [0.25, 0.3) is 0 Å². The van der Waals surface area contributed by atoms with Crippen molar-refractivity contribution >= 4 is 0 Å². The number of hydrogen-bond donors (Lipinski definition) is 1. The van der Waals surface area contributed by atoms with Gasteiger partial charge in [0.15, 0.2) is 0 Å². The van der Waals surface area contributed by atoms with Gasteiger partial charge in [-0.3, -0.25) is 0 Å². The molecule has 2 N–H and O–H groups in total. The average Bonchev–Trinajstić information content (AvgIpc) is 2.16. The van der Waals surface area contributed by atoms with Crippen LogP contribution in [0.3, 0.4) is 0 Å². The molecule has 1 nitrogen and oxygen atoms in total. The third-order valence-corrected chi connectivity index (χ3v) is 2.27. The lowest BCUT2D eigenvalue weighted by molar-refractivity contribution is 0.151. The first-order valence-electron chi connectivity index (χ1n) is 4.66. The first-order valence-corrected chi connectivity index (χ1v) is 4.66. The number of benzene rings is 1. The Morgan fingerprint density at radius 2 is 1.71 bits per heavy atom. The van der Waals surface area contributed by atoms with E-state index in [1.165, 1.54) is 12.1 Å². The summed E-state index contributed by atoms with van der Waals surface area (Å²) in [5, 5.41) is 0. The van der Waals surface area contributed by atoms with Crippen molar-refractivity contribution in [2.45, 2.75) is 26.3 Å². The lowest BCUT2D eigenvalue weighted by atomic mass is 9.96. The number of hydrogen-bond acceptors (Lipinski definition) is 1. The Morgan fingerprint density at radius 3 is 2.21 bits per heavy atom. The van der Waals surface area contributed by atoms with Gasteiger partial charge in [-0.25, -0.2) is 8.78 Å². The summed E-state index contributed by atoms with van der Waals surface area (Å²) in [5.74, 6) is 0.253. The molecule has 1 aromatic carbocycles. The molecule has 0 spiro atoms. The van der Waals surface area contributed by atoms with E-state index in [1.807, 2.05) is 13.8 Å². The van der Waals surface area contributed by atoms with Crippen molar-refractivity contribution in [1.82, 2.24) is 0 Å². The Kier molecular flexibility index (Phi) is 3.58. The van der Waals surface area contributed by atoms with Gasteiger partial charge >= 0.3 is 0 Å². The molecule has 0 aliphatic heterocycles. The van der Waals surface area contributed by atoms with Crippen LogP contribution >= 0.6 is 0 Å². The van der Waals surface area contributed by atoms with E-state index in [0.29, 0.717) is 0 Å². The van der Waals surface area contributed by atoms with Crippen molar-refractivity contribution in [3.05, 3.63) is 35.4 Å². The van der Waals surface area contributed by atoms with Crippen LogP contribution in [0.5, 0.6) is 0 Å². The topological polar surface area (TPSA) is 26.0 Å². The smallest absolute Gasteiger partial charge is 0.263 e. The average molecular weight is 199 g/mol. The van der Waals surface area contributed by atoms with E-state index in [0.717, 1.165) is 5.56 Å². The van der Waals surface area contributed by atoms with Gasteiger partial charge in [0.05, 0.1) is 0 Å². The fourth-order valence-corrected chi connectivity index (χ4v) is 1.29. The molecule has 1 aromatic rings.